The summed E-state index contributed by atoms with van der Waals surface area (Å²) in [5, 5.41) is 3.40. The number of carbonyl (C=O) groups is 1. The second-order valence-corrected chi connectivity index (χ2v) is 6.08. The van der Waals surface area contributed by atoms with E-state index in [0.717, 1.165) is 31.9 Å². The van der Waals surface area contributed by atoms with Gasteiger partial charge in [0.2, 0.25) is 0 Å². The molecule has 0 aliphatic carbocycles. The van der Waals surface area contributed by atoms with Gasteiger partial charge in [0.15, 0.2) is 5.96 Å². The summed E-state index contributed by atoms with van der Waals surface area (Å²) in [4.78, 5) is 18.3. The number of aliphatic imine (C=N–C) groups is 1. The van der Waals surface area contributed by atoms with E-state index in [2.05, 4.69) is 46.4 Å². The number of ether oxygens (including phenoxy) is 1. The molecule has 5 nitrogen and oxygen atoms in total. The summed E-state index contributed by atoms with van der Waals surface area (Å²) in [6.07, 6.45) is 2.10. The van der Waals surface area contributed by atoms with Gasteiger partial charge in [0, 0.05) is 26.7 Å². The van der Waals surface area contributed by atoms with Crippen molar-refractivity contribution in [1.82, 2.24) is 10.2 Å². The van der Waals surface area contributed by atoms with Crippen molar-refractivity contribution in [3.8, 4) is 0 Å². The van der Waals surface area contributed by atoms with E-state index >= 15 is 0 Å². The normalized spacial score (nSPS) is 21.3. The third-order valence-electron chi connectivity index (χ3n) is 4.40. The molecule has 0 radical (unpaired) electrons. The molecule has 0 amide bonds. The molecule has 1 aromatic rings. The molecule has 2 atom stereocenters. The van der Waals surface area contributed by atoms with E-state index in [1.165, 1.54) is 12.7 Å². The Morgan fingerprint density at radius 3 is 2.74 bits per heavy atom. The van der Waals surface area contributed by atoms with E-state index in [0.29, 0.717) is 6.54 Å². The van der Waals surface area contributed by atoms with Crippen LogP contribution in [0.3, 0.4) is 0 Å². The van der Waals surface area contributed by atoms with Gasteiger partial charge in [0.05, 0.1) is 13.0 Å². The maximum Gasteiger partial charge on any atom is 0.310 e. The van der Waals surface area contributed by atoms with Gasteiger partial charge in [0.1, 0.15) is 0 Å². The lowest BCUT2D eigenvalue weighted by Gasteiger charge is -2.21. The van der Waals surface area contributed by atoms with E-state index in [-0.39, 0.29) is 17.8 Å². The Bertz CT molecular complexity index is 530. The maximum absolute atomic E-state index is 11.8. The highest BCUT2D eigenvalue weighted by atomic mass is 16.5. The largest absolute Gasteiger partial charge is 0.469 e. The number of nitrogens with one attached hydrogen (secondary N) is 1. The lowest BCUT2D eigenvalue weighted by Crippen LogP contribution is -2.41. The summed E-state index contributed by atoms with van der Waals surface area (Å²) in [6, 6.07) is 10.5. The average Bonchev–Trinajstić information content (AvgIpc) is 2.96. The van der Waals surface area contributed by atoms with Gasteiger partial charge in [-0.25, -0.2) is 0 Å². The first-order chi connectivity index (χ1) is 11.2. The van der Waals surface area contributed by atoms with Gasteiger partial charge >= 0.3 is 5.97 Å². The fourth-order valence-electron chi connectivity index (χ4n) is 3.07. The average molecular weight is 317 g/mol. The molecule has 126 valence electrons. The van der Waals surface area contributed by atoms with Crippen molar-refractivity contribution < 1.29 is 9.53 Å². The minimum Gasteiger partial charge on any atom is -0.469 e. The Morgan fingerprint density at radius 2 is 2.09 bits per heavy atom. The molecule has 2 rings (SSSR count). The third kappa shape index (κ3) is 4.71. The van der Waals surface area contributed by atoms with Crippen molar-refractivity contribution in [3.63, 3.8) is 0 Å². The number of likely N-dealkylation sites (tertiary alicyclic amines) is 1. The smallest absolute Gasteiger partial charge is 0.310 e. The maximum atomic E-state index is 11.8. The first-order valence-corrected chi connectivity index (χ1v) is 8.23. The lowest BCUT2D eigenvalue weighted by atomic mass is 9.99. The van der Waals surface area contributed by atoms with Gasteiger partial charge < -0.3 is 15.0 Å². The minimum absolute atomic E-state index is 0.0668. The molecule has 1 aliphatic rings. The monoisotopic (exact) mass is 317 g/mol. The van der Waals surface area contributed by atoms with Gasteiger partial charge in [-0.1, -0.05) is 37.3 Å². The molecule has 0 spiro atoms. The van der Waals surface area contributed by atoms with Crippen LogP contribution >= 0.6 is 0 Å². The molecule has 1 N–H and O–H groups in total. The van der Waals surface area contributed by atoms with E-state index in [4.69, 9.17) is 4.74 Å². The van der Waals surface area contributed by atoms with Crippen LogP contribution in [0.25, 0.3) is 0 Å². The van der Waals surface area contributed by atoms with Crippen molar-refractivity contribution >= 4 is 11.9 Å². The minimum atomic E-state index is -0.125. The van der Waals surface area contributed by atoms with E-state index in [9.17, 15) is 4.79 Å². The molecular weight excluding hydrogens is 290 g/mol. The number of benzene rings is 1. The van der Waals surface area contributed by atoms with Crippen LogP contribution in [-0.4, -0.2) is 50.6 Å². The number of rotatable bonds is 5. The van der Waals surface area contributed by atoms with E-state index in [1.54, 1.807) is 7.05 Å². The molecule has 2 unspecified atom stereocenters. The Hall–Kier alpha value is -2.04. The summed E-state index contributed by atoms with van der Waals surface area (Å²) < 4.78 is 4.89. The van der Waals surface area contributed by atoms with Gasteiger partial charge in [-0.05, 0) is 24.3 Å². The molecular formula is C18H27N3O2. The van der Waals surface area contributed by atoms with Gasteiger partial charge in [-0.2, -0.15) is 0 Å². The van der Waals surface area contributed by atoms with Gasteiger partial charge in [-0.15, -0.1) is 0 Å². The third-order valence-corrected chi connectivity index (χ3v) is 4.40. The first-order valence-electron chi connectivity index (χ1n) is 8.23. The summed E-state index contributed by atoms with van der Waals surface area (Å²) in [7, 11) is 3.24. The standard InChI is InChI=1S/C18H27N3O2/c1-14-12-21(13-16(14)17(22)23-3)18(19-2)20-11-7-10-15-8-5-4-6-9-15/h4-6,8-9,14,16H,7,10-13H2,1-3H3,(H,19,20). The van der Waals surface area contributed by atoms with Gasteiger partial charge in [-0.3, -0.25) is 9.79 Å². The van der Waals surface area contributed by atoms with Crippen molar-refractivity contribution in [2.45, 2.75) is 19.8 Å². The summed E-state index contributed by atoms with van der Waals surface area (Å²) in [6.45, 7) is 4.46. The molecule has 0 saturated carbocycles. The zero-order chi connectivity index (χ0) is 16.7. The predicted molar refractivity (Wildman–Crippen MR) is 92.4 cm³/mol. The second-order valence-electron chi connectivity index (χ2n) is 6.08. The highest BCUT2D eigenvalue weighted by Gasteiger charge is 2.36. The zero-order valence-corrected chi connectivity index (χ0v) is 14.3. The molecule has 0 aromatic heterocycles. The fourth-order valence-corrected chi connectivity index (χ4v) is 3.07. The van der Waals surface area contributed by atoms with Crippen molar-refractivity contribution in [3.05, 3.63) is 35.9 Å². The molecule has 1 aromatic carbocycles. The highest BCUT2D eigenvalue weighted by molar-refractivity contribution is 5.82. The van der Waals surface area contributed by atoms with Crippen molar-refractivity contribution in [2.75, 3.05) is 33.8 Å². The molecule has 1 fully saturated rings. The van der Waals surface area contributed by atoms with Crippen LogP contribution in [-0.2, 0) is 16.0 Å². The summed E-state index contributed by atoms with van der Waals surface area (Å²) in [5.41, 5.74) is 1.35. The lowest BCUT2D eigenvalue weighted by molar-refractivity contribution is -0.145. The van der Waals surface area contributed by atoms with Crippen LogP contribution in [0.1, 0.15) is 18.9 Å². The van der Waals surface area contributed by atoms with E-state index in [1.807, 2.05) is 6.07 Å². The number of hydrogen-bond donors (Lipinski definition) is 1. The number of hydrogen-bond acceptors (Lipinski definition) is 3. The Balaban J connectivity index is 1.78. The van der Waals surface area contributed by atoms with Crippen LogP contribution in [0.4, 0.5) is 0 Å². The number of guanidine groups is 1. The topological polar surface area (TPSA) is 53.9 Å². The number of aryl methyl sites for hydroxylation is 1. The highest BCUT2D eigenvalue weighted by Crippen LogP contribution is 2.24. The summed E-state index contributed by atoms with van der Waals surface area (Å²) >= 11 is 0. The first kappa shape index (κ1) is 17.3. The predicted octanol–water partition coefficient (Wildman–Crippen LogP) is 1.94. The molecule has 1 aliphatic heterocycles. The molecule has 23 heavy (non-hydrogen) atoms. The Kier molecular flexibility index (Phi) is 6.44. The summed E-state index contributed by atoms with van der Waals surface area (Å²) in [5.74, 6) is 0.962. The number of esters is 1. The quantitative estimate of drug-likeness (QED) is 0.390. The SMILES string of the molecule is CN=C(NCCCc1ccccc1)N1CC(C)C(C(=O)OC)C1. The van der Waals surface area contributed by atoms with E-state index < -0.39 is 0 Å². The van der Waals surface area contributed by atoms with Crippen molar-refractivity contribution in [2.24, 2.45) is 16.8 Å². The molecule has 0 bridgehead atoms. The molecule has 1 saturated heterocycles. The fraction of sp³-hybridized carbons (Fsp3) is 0.556. The van der Waals surface area contributed by atoms with Crippen LogP contribution in [0.5, 0.6) is 0 Å². The van der Waals surface area contributed by atoms with Crippen LogP contribution in [0, 0.1) is 11.8 Å². The molecule has 5 heteroatoms. The van der Waals surface area contributed by atoms with Gasteiger partial charge in [0.25, 0.3) is 0 Å². The van der Waals surface area contributed by atoms with Crippen LogP contribution < -0.4 is 5.32 Å². The Morgan fingerprint density at radius 1 is 1.35 bits per heavy atom. The van der Waals surface area contributed by atoms with Crippen LogP contribution in [0.15, 0.2) is 35.3 Å². The van der Waals surface area contributed by atoms with Crippen LogP contribution in [0.2, 0.25) is 0 Å². The zero-order valence-electron chi connectivity index (χ0n) is 14.3. The number of methoxy groups -OCH3 is 1. The number of carbonyl (C=O) groups excluding carboxylic acids is 1. The van der Waals surface area contributed by atoms with Crippen molar-refractivity contribution in [1.29, 1.82) is 0 Å². The second kappa shape index (κ2) is 8.56. The molecule has 1 heterocycles. The number of nitrogens with zero attached hydrogens (tertiary/aromatic N) is 2. The Labute approximate surface area is 138 Å².